The first-order valence-corrected chi connectivity index (χ1v) is 10.5. The second-order valence-corrected chi connectivity index (χ2v) is 8.70. The van der Waals surface area contributed by atoms with Crippen LogP contribution in [0.5, 0.6) is 0 Å². The van der Waals surface area contributed by atoms with E-state index in [0.29, 0.717) is 27.2 Å². The van der Waals surface area contributed by atoms with Gasteiger partial charge in [0.05, 0.1) is 15.1 Å². The summed E-state index contributed by atoms with van der Waals surface area (Å²) in [5.41, 5.74) is 0.915. The molecule has 9 heteroatoms. The Bertz CT molecular complexity index is 1080. The maximum Gasteiger partial charge on any atom is 0.266 e. The van der Waals surface area contributed by atoms with Gasteiger partial charge in [-0.1, -0.05) is 36.1 Å². The summed E-state index contributed by atoms with van der Waals surface area (Å²) < 4.78 is 7.34. The van der Waals surface area contributed by atoms with Crippen LogP contribution < -0.4 is 5.11 Å². The van der Waals surface area contributed by atoms with Gasteiger partial charge >= 0.3 is 0 Å². The number of hydrogen-bond acceptors (Lipinski definition) is 8. The molecule has 0 N–H and O–H groups in total. The van der Waals surface area contributed by atoms with Gasteiger partial charge in [0, 0.05) is 18.6 Å². The van der Waals surface area contributed by atoms with Gasteiger partial charge in [0.2, 0.25) is 0 Å². The van der Waals surface area contributed by atoms with Gasteiger partial charge in [-0.3, -0.25) is 9.69 Å². The average Bonchev–Trinajstić information content (AvgIpc) is 3.35. The van der Waals surface area contributed by atoms with Crippen molar-refractivity contribution >= 4 is 67.8 Å². The lowest BCUT2D eigenvalue weighted by molar-refractivity contribution is -0.305. The van der Waals surface area contributed by atoms with Gasteiger partial charge in [0.1, 0.15) is 10.1 Å². The van der Waals surface area contributed by atoms with Crippen molar-refractivity contribution in [2.45, 2.75) is 12.8 Å². The van der Waals surface area contributed by atoms with Crippen molar-refractivity contribution in [3.8, 4) is 10.8 Å². The number of aliphatic carboxylic acids is 1. The molecule has 28 heavy (non-hydrogen) atoms. The number of benzene rings is 1. The van der Waals surface area contributed by atoms with Crippen molar-refractivity contribution in [2.75, 3.05) is 6.54 Å². The number of thiazole rings is 1. The minimum absolute atomic E-state index is 0.111. The number of carboxylic acid groups (broad SMARTS) is 1. The van der Waals surface area contributed by atoms with Gasteiger partial charge < -0.3 is 14.3 Å². The number of amides is 1. The molecule has 1 aliphatic rings. The van der Waals surface area contributed by atoms with Crippen molar-refractivity contribution in [1.29, 1.82) is 0 Å². The average molecular weight is 430 g/mol. The van der Waals surface area contributed by atoms with E-state index in [0.717, 1.165) is 15.2 Å². The monoisotopic (exact) mass is 429 g/mol. The number of aromatic nitrogens is 1. The van der Waals surface area contributed by atoms with Gasteiger partial charge in [0.15, 0.2) is 10.8 Å². The molecule has 1 saturated heterocycles. The minimum Gasteiger partial charge on any atom is -0.550 e. The number of carbonyl (C=O) groups excluding carboxylic acids is 2. The third kappa shape index (κ3) is 3.87. The predicted octanol–water partition coefficient (Wildman–Crippen LogP) is 3.29. The number of carboxylic acids is 1. The summed E-state index contributed by atoms with van der Waals surface area (Å²) >= 11 is 7.95. The molecule has 4 rings (SSSR count). The lowest BCUT2D eigenvalue weighted by atomic mass is 10.3. The number of rotatable bonds is 6. The van der Waals surface area contributed by atoms with Crippen LogP contribution in [0.4, 0.5) is 0 Å². The molecule has 3 heterocycles. The molecule has 1 fully saturated rings. The highest BCUT2D eigenvalue weighted by Gasteiger charge is 2.31. The van der Waals surface area contributed by atoms with Crippen molar-refractivity contribution in [2.24, 2.45) is 0 Å². The summed E-state index contributed by atoms with van der Waals surface area (Å²) in [6.07, 6.45) is 1.83. The zero-order valence-electron chi connectivity index (χ0n) is 14.4. The molecule has 3 aromatic rings. The van der Waals surface area contributed by atoms with Gasteiger partial charge in [-0.25, -0.2) is 4.98 Å². The highest BCUT2D eigenvalue weighted by molar-refractivity contribution is 8.26. The molecule has 0 saturated carbocycles. The number of thiocarbonyl (C=S) groups is 1. The second-order valence-electron chi connectivity index (χ2n) is 6.00. The van der Waals surface area contributed by atoms with Crippen LogP contribution in [0, 0.1) is 0 Å². The first-order valence-electron chi connectivity index (χ1n) is 8.42. The highest BCUT2D eigenvalue weighted by Crippen LogP contribution is 2.35. The van der Waals surface area contributed by atoms with Gasteiger partial charge in [-0.2, -0.15) is 0 Å². The number of para-hydroxylation sites is 1. The first kappa shape index (κ1) is 18.9. The molecule has 0 atom stereocenters. The Kier molecular flexibility index (Phi) is 5.29. The van der Waals surface area contributed by atoms with Gasteiger partial charge in [-0.05, 0) is 37.1 Å². The molecule has 1 aliphatic heterocycles. The SMILES string of the molecule is O=C([O-])CCCN1C(=O)/C(=C/c2ccc(-c3nc4ccccc4s3)o2)SC1=S. The molecule has 0 radical (unpaired) electrons. The van der Waals surface area contributed by atoms with Crippen LogP contribution in [0.25, 0.3) is 27.1 Å². The second kappa shape index (κ2) is 7.86. The summed E-state index contributed by atoms with van der Waals surface area (Å²) in [5.74, 6) is -0.216. The summed E-state index contributed by atoms with van der Waals surface area (Å²) in [4.78, 5) is 29.5. The van der Waals surface area contributed by atoms with Crippen LogP contribution in [0.15, 0.2) is 45.7 Å². The molecule has 1 amide bonds. The van der Waals surface area contributed by atoms with Crippen LogP contribution in [-0.4, -0.2) is 32.6 Å². The van der Waals surface area contributed by atoms with E-state index >= 15 is 0 Å². The van der Waals surface area contributed by atoms with Gasteiger partial charge in [0.25, 0.3) is 5.91 Å². The Hall–Kier alpha value is -2.49. The van der Waals surface area contributed by atoms with Crippen LogP contribution in [0.2, 0.25) is 0 Å². The van der Waals surface area contributed by atoms with E-state index in [-0.39, 0.29) is 18.9 Å². The zero-order chi connectivity index (χ0) is 19.7. The van der Waals surface area contributed by atoms with E-state index in [2.05, 4.69) is 4.98 Å². The summed E-state index contributed by atoms with van der Waals surface area (Å²) in [6, 6.07) is 11.5. The topological polar surface area (TPSA) is 86.5 Å². The quantitative estimate of drug-likeness (QED) is 0.439. The predicted molar refractivity (Wildman–Crippen MR) is 111 cm³/mol. The number of thioether (sulfide) groups is 1. The minimum atomic E-state index is -1.14. The Balaban J connectivity index is 1.51. The number of fused-ring (bicyclic) bond motifs is 1. The molecule has 142 valence electrons. The third-order valence-electron chi connectivity index (χ3n) is 4.04. The molecule has 0 bridgehead atoms. The zero-order valence-corrected chi connectivity index (χ0v) is 16.9. The molecule has 0 unspecified atom stereocenters. The molecular formula is C19H13N2O4S3-. The van der Waals surface area contributed by atoms with E-state index < -0.39 is 5.97 Å². The molecule has 1 aromatic carbocycles. The van der Waals surface area contributed by atoms with Crippen LogP contribution in [0.1, 0.15) is 18.6 Å². The van der Waals surface area contributed by atoms with E-state index in [1.807, 2.05) is 30.3 Å². The van der Waals surface area contributed by atoms with Crippen LogP contribution in [-0.2, 0) is 9.59 Å². The third-order valence-corrected chi connectivity index (χ3v) is 6.47. The largest absolute Gasteiger partial charge is 0.550 e. The maximum absolute atomic E-state index is 12.5. The molecule has 2 aromatic heterocycles. The smallest absolute Gasteiger partial charge is 0.266 e. The van der Waals surface area contributed by atoms with Crippen LogP contribution in [0.3, 0.4) is 0 Å². The lowest BCUT2D eigenvalue weighted by Crippen LogP contribution is -2.30. The Labute approximate surface area is 173 Å². The standard InChI is InChI=1S/C19H14N2O4S3/c22-16(23)6-3-9-21-18(24)15(28-19(21)26)10-11-7-8-13(25-11)17-20-12-4-1-2-5-14(12)27-17/h1-2,4-5,7-8,10H,3,6,9H2,(H,22,23)/p-1/b15-10-. The lowest BCUT2D eigenvalue weighted by Gasteiger charge is -2.14. The summed E-state index contributed by atoms with van der Waals surface area (Å²) in [5, 5.41) is 11.3. The van der Waals surface area contributed by atoms with E-state index in [1.165, 1.54) is 28.0 Å². The number of hydrogen-bond donors (Lipinski definition) is 0. The normalized spacial score (nSPS) is 15.9. The number of furan rings is 1. The van der Waals surface area contributed by atoms with E-state index in [1.54, 1.807) is 12.1 Å². The maximum atomic E-state index is 12.5. The van der Waals surface area contributed by atoms with Gasteiger partial charge in [-0.15, -0.1) is 11.3 Å². The molecule has 0 spiro atoms. The molecule has 6 nitrogen and oxygen atoms in total. The Morgan fingerprint density at radius 1 is 1.29 bits per heavy atom. The van der Waals surface area contributed by atoms with Crippen molar-refractivity contribution in [1.82, 2.24) is 9.88 Å². The number of carbonyl (C=O) groups is 2. The highest BCUT2D eigenvalue weighted by atomic mass is 32.2. The van der Waals surface area contributed by atoms with E-state index in [9.17, 15) is 14.7 Å². The molecule has 0 aliphatic carbocycles. The fourth-order valence-corrected chi connectivity index (χ4v) is 4.94. The fraction of sp³-hybridized carbons (Fsp3) is 0.158. The van der Waals surface area contributed by atoms with Crippen LogP contribution >= 0.6 is 35.3 Å². The molecular weight excluding hydrogens is 416 g/mol. The Morgan fingerprint density at radius 3 is 2.89 bits per heavy atom. The summed E-state index contributed by atoms with van der Waals surface area (Å²) in [6.45, 7) is 0.255. The van der Waals surface area contributed by atoms with Crippen molar-refractivity contribution in [3.05, 3.63) is 47.1 Å². The van der Waals surface area contributed by atoms with E-state index in [4.69, 9.17) is 16.6 Å². The fourth-order valence-electron chi connectivity index (χ4n) is 2.73. The Morgan fingerprint density at radius 2 is 2.11 bits per heavy atom. The van der Waals surface area contributed by atoms with Crippen molar-refractivity contribution in [3.63, 3.8) is 0 Å². The summed E-state index contributed by atoms with van der Waals surface area (Å²) in [7, 11) is 0. The first-order chi connectivity index (χ1) is 13.5. The number of nitrogens with zero attached hydrogens (tertiary/aromatic N) is 2. The van der Waals surface area contributed by atoms with Crippen molar-refractivity contribution < 1.29 is 19.1 Å².